The molecule has 0 aliphatic rings. The molecule has 0 unspecified atom stereocenters. The van der Waals surface area contributed by atoms with Gasteiger partial charge in [0, 0.05) is 91.1 Å². The Hall–Kier alpha value is -21.8. The van der Waals surface area contributed by atoms with Gasteiger partial charge in [0.1, 0.15) is 23.3 Å². The van der Waals surface area contributed by atoms with E-state index in [1.165, 1.54) is 39.6 Å². The molecule has 0 aliphatic heterocycles. The van der Waals surface area contributed by atoms with Gasteiger partial charge in [-0.1, -0.05) is 51.1 Å². The van der Waals surface area contributed by atoms with Crippen LogP contribution in [0, 0.1) is 116 Å². The van der Waals surface area contributed by atoms with Gasteiger partial charge in [0.2, 0.25) is 34.1 Å². The lowest BCUT2D eigenvalue weighted by molar-refractivity contribution is -0.114. The summed E-state index contributed by atoms with van der Waals surface area (Å²) in [6.07, 6.45) is 17.4. The number of aromatic nitrogens is 40. The molecule has 0 fully saturated rings. The molecule has 0 bridgehead atoms. The molecule has 57 nitrogen and oxygen atoms in total. The molecule has 0 saturated heterocycles. The Kier molecular flexibility index (Phi) is 26.2. The van der Waals surface area contributed by atoms with E-state index in [-0.39, 0.29) is 57.7 Å². The van der Waals surface area contributed by atoms with Crippen molar-refractivity contribution in [3.8, 4) is 52.3 Å². The summed E-state index contributed by atoms with van der Waals surface area (Å²) in [5.74, 6) is 5.72. The molecule has 2 aromatic carbocycles. The van der Waals surface area contributed by atoms with Gasteiger partial charge >= 0.3 is 0 Å². The van der Waals surface area contributed by atoms with Gasteiger partial charge in [-0.05, 0) is 132 Å². The van der Waals surface area contributed by atoms with Crippen LogP contribution in [0.2, 0.25) is 0 Å². The normalized spacial score (nSPS) is 11.5. The highest BCUT2D eigenvalue weighted by Crippen LogP contribution is 2.44. The number of hydrogen-bond acceptors (Lipinski definition) is 36. The fourth-order valence-corrected chi connectivity index (χ4v) is 14.6. The van der Waals surface area contributed by atoms with Gasteiger partial charge in [-0.2, -0.15) is 67.4 Å². The first-order chi connectivity index (χ1) is 71.0. The van der Waals surface area contributed by atoms with Crippen LogP contribution in [0.25, 0.3) is 105 Å². The number of azo groups is 5. The molecule has 147 heavy (non-hydrogen) atoms. The number of H-pyrrole nitrogens is 5. The summed E-state index contributed by atoms with van der Waals surface area (Å²) in [5, 5.41) is 105. The summed E-state index contributed by atoms with van der Waals surface area (Å²) in [4.78, 5) is 93.0. The van der Waals surface area contributed by atoms with E-state index in [0.29, 0.717) is 172 Å². The van der Waals surface area contributed by atoms with Crippen molar-refractivity contribution in [3.05, 3.63) is 279 Å². The number of amides is 1. The average molecular weight is 1960 g/mol. The number of aryl methyl sites for hydroxylation is 12. The zero-order valence-electron chi connectivity index (χ0n) is 80.6. The fourth-order valence-electron chi connectivity index (χ4n) is 14.6. The van der Waals surface area contributed by atoms with Crippen LogP contribution in [0.15, 0.2) is 198 Å². The predicted octanol–water partition coefficient (Wildman–Crippen LogP) is 18.3. The molecule has 20 aromatic heterocycles. The number of nitrogens with one attached hydrogen (secondary N) is 6. The predicted molar refractivity (Wildman–Crippen MR) is 525 cm³/mol. The van der Waals surface area contributed by atoms with Crippen molar-refractivity contribution in [1.29, 1.82) is 0 Å². The number of hydrogen-bond donors (Lipinski definition) is 6. The number of fused-ring (bicyclic) bond motifs is 5. The van der Waals surface area contributed by atoms with Crippen LogP contribution in [0.1, 0.15) is 102 Å². The van der Waals surface area contributed by atoms with Crippen LogP contribution in [-0.2, 0) is 10.2 Å². The minimum absolute atomic E-state index is 0.145. The Labute approximate surface area is 827 Å². The van der Waals surface area contributed by atoms with E-state index < -0.39 is 0 Å². The highest BCUT2D eigenvalue weighted by atomic mass is 16.1. The third kappa shape index (κ3) is 19.4. The van der Waals surface area contributed by atoms with Crippen LogP contribution in [-0.4, -0.2) is 204 Å². The van der Waals surface area contributed by atoms with E-state index in [4.69, 9.17) is 32.9 Å². The van der Waals surface area contributed by atoms with Gasteiger partial charge in [-0.3, -0.25) is 35.3 Å². The third-order valence-corrected chi connectivity index (χ3v) is 21.1. The molecule has 22 aromatic rings. The average Bonchev–Trinajstić information content (AvgIpc) is 1.61. The van der Waals surface area contributed by atoms with E-state index in [9.17, 15) is 4.79 Å². The Bertz CT molecular complexity index is 8910. The molecule has 0 saturated carbocycles. The number of benzene rings is 2. The molecule has 1 amide bonds. The molecule has 20 heterocycles. The zero-order chi connectivity index (χ0) is 103. The van der Waals surface area contributed by atoms with Gasteiger partial charge in [0.05, 0.1) is 96.0 Å². The second-order valence-electron chi connectivity index (χ2n) is 32.7. The highest BCUT2D eigenvalue weighted by Gasteiger charge is 2.30. The van der Waals surface area contributed by atoms with E-state index >= 15 is 0 Å². The molecular formula is C90H78N56O. The molecule has 57 heteroatoms. The monoisotopic (exact) mass is 1960 g/mol. The maximum atomic E-state index is 11.2. The topological polar surface area (TPSA) is 622 Å². The first-order valence-electron chi connectivity index (χ1n) is 44.0. The Morgan fingerprint density at radius 2 is 0.646 bits per heavy atom. The lowest BCUT2D eigenvalue weighted by Crippen LogP contribution is -2.12. The summed E-state index contributed by atoms with van der Waals surface area (Å²) in [7, 11) is 0. The van der Waals surface area contributed by atoms with Gasteiger partial charge in [0.15, 0.2) is 69.2 Å². The Balaban J connectivity index is 0.000000121. The molecule has 22 rings (SSSR count). The second kappa shape index (κ2) is 40.3. The standard InChI is InChI=1S/C22H18N12O.C20H15N11.C18H19N11.2C15H13N11/c1-12-17(23-4)21(33(30-12)22-24-10-5-11-25-22)29-28-18-13(2)31-34-20(18)27-19(32-34)15-6-8-16(9-7-15)26-14(3)35;1-12-15(21-3)19(30(27-12)20-22-10-7-11-23-20)26-25-17-16(14-8-5-4-6-9-14)29-31-18(17)24-13(2)28-31;1-10-12(19-6)16(28(25-10)17-20-8-7-9-21-17)24-23-13-14(18(3,4)5)27-29-15(13)22-11(2)26-29;1-8-12(16-4)15(25(22-8)11-7-17-5-6-18-11)21-20-13-9(2)23-26-14(13)19-10(3)24-26;1-8-11(16-4)14(25(22-8)15-17-6-5-7-18-15)21-20-12-9(2)23-26-13(12)19-10(3)24-26/h5-11,31H,1-3H3,(H,26,35);4-11,29H,1-2H3;7-9,27H,1-5H3;2*5-7,23H,1-3H3. The summed E-state index contributed by atoms with van der Waals surface area (Å²) < 4.78 is 14.8. The fraction of sp³-hybridized carbons (Fsp3) is 0.189. The lowest BCUT2D eigenvalue weighted by atomic mass is 9.91. The maximum Gasteiger partial charge on any atom is 0.255 e. The van der Waals surface area contributed by atoms with Crippen molar-refractivity contribution in [1.82, 2.24) is 198 Å². The van der Waals surface area contributed by atoms with Gasteiger partial charge in [-0.15, -0.1) is 76.6 Å². The van der Waals surface area contributed by atoms with E-state index in [1.807, 2.05) is 63.2 Å². The van der Waals surface area contributed by atoms with Crippen LogP contribution >= 0.6 is 0 Å². The van der Waals surface area contributed by atoms with Gasteiger partial charge < -0.3 is 5.32 Å². The first-order valence-corrected chi connectivity index (χ1v) is 44.0. The SMILES string of the molecule is [C-]#[N+]c1c(C)nn(-c2cnccn2)c1N=Nc1c(C)[nH]n2nc(C)nc12.[C-]#[N+]c1c(C)nn(-c2ncccn2)c1N=Nc1c(-c2ccccc2)[nH]n2nc(C)nc12.[C-]#[N+]c1c(C)nn(-c2ncccn2)c1N=Nc1c(C(C)(C)C)[nH]n2nc(C)nc12.[C-]#[N+]c1c(C)nn(-c2ncccn2)c1N=Nc1c(C)[nH]n2nc(-c3ccc(NC(C)=O)cc3)nc12.[C-]#[N+]c1c(C)nn(-c2ncccn2)c1N=Nc1c(C)[nH]n2nc(C)nc12. The smallest absolute Gasteiger partial charge is 0.255 e. The van der Waals surface area contributed by atoms with Crippen LogP contribution in [0.3, 0.4) is 0 Å². The van der Waals surface area contributed by atoms with Crippen molar-refractivity contribution in [2.24, 2.45) is 51.1 Å². The zero-order valence-corrected chi connectivity index (χ0v) is 80.6. The number of carbonyl (C=O) groups is 1. The molecule has 0 atom stereocenters. The highest BCUT2D eigenvalue weighted by molar-refractivity contribution is 5.89. The Morgan fingerprint density at radius 1 is 0.327 bits per heavy atom. The van der Waals surface area contributed by atoms with E-state index in [0.717, 1.165) is 28.2 Å². The number of nitrogens with zero attached hydrogens (tertiary/aromatic N) is 50. The summed E-state index contributed by atoms with van der Waals surface area (Å²) in [6.45, 7) is 66.5. The number of anilines is 1. The number of carbonyl (C=O) groups excluding carboxylic acids is 1. The second-order valence-corrected chi connectivity index (χ2v) is 32.7. The molecular weight excluding hydrogens is 1880 g/mol. The lowest BCUT2D eigenvalue weighted by Gasteiger charge is -2.16. The van der Waals surface area contributed by atoms with Gasteiger partial charge in [0.25, 0.3) is 52.2 Å². The molecule has 0 radical (unpaired) electrons. The maximum absolute atomic E-state index is 11.2. The van der Waals surface area contributed by atoms with Crippen LogP contribution < -0.4 is 5.32 Å². The Morgan fingerprint density at radius 3 is 1.00 bits per heavy atom. The molecule has 724 valence electrons. The van der Waals surface area contributed by atoms with Crippen LogP contribution in [0.5, 0.6) is 0 Å². The van der Waals surface area contributed by atoms with Crippen LogP contribution in [0.4, 0.5) is 91.7 Å². The molecule has 6 N–H and O–H groups in total. The van der Waals surface area contributed by atoms with Crippen molar-refractivity contribution < 1.29 is 4.79 Å². The van der Waals surface area contributed by atoms with Crippen molar-refractivity contribution in [2.45, 2.75) is 116 Å². The van der Waals surface area contributed by atoms with E-state index in [1.54, 1.807) is 181 Å². The number of rotatable bonds is 18. The quantitative estimate of drug-likeness (QED) is 0.0343. The summed E-state index contributed by atoms with van der Waals surface area (Å²) in [5.41, 5.74) is 15.2. The largest absolute Gasteiger partial charge is 0.326 e. The van der Waals surface area contributed by atoms with Gasteiger partial charge in [-0.25, -0.2) is 98.7 Å². The third-order valence-electron chi connectivity index (χ3n) is 21.1. The van der Waals surface area contributed by atoms with E-state index in [2.05, 4.69) is 253 Å². The van der Waals surface area contributed by atoms with Crippen molar-refractivity contribution >= 4 is 126 Å². The minimum Gasteiger partial charge on any atom is -0.326 e. The van der Waals surface area contributed by atoms with Crippen molar-refractivity contribution in [2.75, 3.05) is 5.32 Å². The number of aromatic amines is 5. The summed E-state index contributed by atoms with van der Waals surface area (Å²) in [6, 6.07) is 23.7. The first kappa shape index (κ1) is 95.5. The minimum atomic E-state index is -0.244. The summed E-state index contributed by atoms with van der Waals surface area (Å²) >= 11 is 0. The molecule has 0 aliphatic carbocycles. The molecule has 0 spiro atoms. The van der Waals surface area contributed by atoms with Crippen molar-refractivity contribution in [3.63, 3.8) is 0 Å².